The zero-order valence-corrected chi connectivity index (χ0v) is 7.59. The van der Waals surface area contributed by atoms with Gasteiger partial charge in [0.25, 0.3) is 0 Å². The lowest BCUT2D eigenvalue weighted by atomic mass is 10.3. The van der Waals surface area contributed by atoms with Gasteiger partial charge in [0.05, 0.1) is 20.3 Å². The van der Waals surface area contributed by atoms with Crippen LogP contribution in [0.25, 0.3) is 0 Å². The molecule has 0 aliphatic heterocycles. The standard InChI is InChI=1S/C8H19N2/c1-5-7-8-10(3,4)9-6-2/h6H,5,7-8H2,1-4H3/q+1/b9-6+. The summed E-state index contributed by atoms with van der Waals surface area (Å²) >= 11 is 0. The number of unbranched alkanes of at least 4 members (excludes halogenated alkanes) is 1. The Kier molecular flexibility index (Phi) is 4.28. The summed E-state index contributed by atoms with van der Waals surface area (Å²) in [5.41, 5.74) is 0. The third-order valence-electron chi connectivity index (χ3n) is 1.49. The molecule has 0 bridgehead atoms. The molecule has 0 unspecified atom stereocenters. The van der Waals surface area contributed by atoms with E-state index in [0.717, 1.165) is 11.1 Å². The Bertz CT molecular complexity index is 106. The van der Waals surface area contributed by atoms with Gasteiger partial charge in [0.2, 0.25) is 0 Å². The molecule has 0 heterocycles. The Labute approximate surface area is 64.1 Å². The Balaban J connectivity index is 3.63. The molecule has 0 spiro atoms. The highest BCUT2D eigenvalue weighted by molar-refractivity contribution is 5.52. The molecule has 0 aliphatic rings. The van der Waals surface area contributed by atoms with Crippen LogP contribution < -0.4 is 0 Å². The van der Waals surface area contributed by atoms with Crippen molar-refractivity contribution in [2.75, 3.05) is 20.6 Å². The van der Waals surface area contributed by atoms with Gasteiger partial charge < -0.3 is 0 Å². The largest absolute Gasteiger partial charge is 0.203 e. The first-order chi connectivity index (χ1) is 4.62. The predicted octanol–water partition coefficient (Wildman–Crippen LogP) is 1.87. The van der Waals surface area contributed by atoms with E-state index in [0.29, 0.717) is 0 Å². The number of nitrogens with zero attached hydrogens (tertiary/aromatic N) is 2. The predicted molar refractivity (Wildman–Crippen MR) is 46.0 cm³/mol. The van der Waals surface area contributed by atoms with Crippen LogP contribution in [-0.4, -0.2) is 31.4 Å². The Morgan fingerprint density at radius 3 is 2.40 bits per heavy atom. The van der Waals surface area contributed by atoms with Gasteiger partial charge in [-0.3, -0.25) is 0 Å². The van der Waals surface area contributed by atoms with Crippen molar-refractivity contribution in [2.45, 2.75) is 26.7 Å². The van der Waals surface area contributed by atoms with Crippen molar-refractivity contribution in [1.29, 1.82) is 0 Å². The first-order valence-electron chi connectivity index (χ1n) is 3.95. The van der Waals surface area contributed by atoms with E-state index >= 15 is 0 Å². The molecule has 0 rings (SSSR count). The van der Waals surface area contributed by atoms with Crippen molar-refractivity contribution in [1.82, 2.24) is 0 Å². The molecule has 10 heavy (non-hydrogen) atoms. The summed E-state index contributed by atoms with van der Waals surface area (Å²) in [6, 6.07) is 0. The molecule has 0 aromatic rings. The Morgan fingerprint density at radius 1 is 1.40 bits per heavy atom. The molecule has 2 nitrogen and oxygen atoms in total. The molecule has 0 aromatic heterocycles. The van der Waals surface area contributed by atoms with Gasteiger partial charge >= 0.3 is 0 Å². The lowest BCUT2D eigenvalue weighted by molar-refractivity contribution is -0.896. The summed E-state index contributed by atoms with van der Waals surface area (Å²) in [7, 11) is 4.24. The van der Waals surface area contributed by atoms with Gasteiger partial charge in [-0.25, -0.2) is 4.59 Å². The van der Waals surface area contributed by atoms with Gasteiger partial charge in [0, 0.05) is 0 Å². The molecule has 0 atom stereocenters. The highest BCUT2D eigenvalue weighted by Gasteiger charge is 2.10. The minimum Gasteiger partial charge on any atom is -0.203 e. The van der Waals surface area contributed by atoms with E-state index in [1.807, 2.05) is 13.1 Å². The normalized spacial score (nSPS) is 12.8. The maximum absolute atomic E-state index is 4.31. The highest BCUT2D eigenvalue weighted by Crippen LogP contribution is 2.00. The van der Waals surface area contributed by atoms with Crippen molar-refractivity contribution in [2.24, 2.45) is 5.10 Å². The van der Waals surface area contributed by atoms with E-state index in [9.17, 15) is 0 Å². The summed E-state index contributed by atoms with van der Waals surface area (Å²) in [4.78, 5) is 0. The van der Waals surface area contributed by atoms with E-state index in [1.165, 1.54) is 12.8 Å². The second-order valence-corrected chi connectivity index (χ2v) is 3.07. The fraction of sp³-hybridized carbons (Fsp3) is 0.875. The van der Waals surface area contributed by atoms with Crippen molar-refractivity contribution in [3.8, 4) is 0 Å². The molecular weight excluding hydrogens is 124 g/mol. The second kappa shape index (κ2) is 4.45. The fourth-order valence-electron chi connectivity index (χ4n) is 0.915. The molecule has 0 saturated carbocycles. The lowest BCUT2D eigenvalue weighted by Crippen LogP contribution is -2.34. The summed E-state index contributed by atoms with van der Waals surface area (Å²) in [5, 5.41) is 4.31. The molecule has 0 saturated heterocycles. The van der Waals surface area contributed by atoms with Crippen molar-refractivity contribution < 1.29 is 4.59 Å². The minimum atomic E-state index is 0.768. The third-order valence-corrected chi connectivity index (χ3v) is 1.49. The second-order valence-electron chi connectivity index (χ2n) is 3.07. The topological polar surface area (TPSA) is 12.4 Å². The van der Waals surface area contributed by atoms with Crippen LogP contribution in [0, 0.1) is 0 Å². The molecular formula is C8H19N2+. The van der Waals surface area contributed by atoms with Gasteiger partial charge in [-0.15, -0.1) is 0 Å². The van der Waals surface area contributed by atoms with Gasteiger partial charge in [0.1, 0.15) is 6.54 Å². The van der Waals surface area contributed by atoms with E-state index < -0.39 is 0 Å². The van der Waals surface area contributed by atoms with Crippen LogP contribution in [0.3, 0.4) is 0 Å². The summed E-state index contributed by atoms with van der Waals surface area (Å²) in [6.45, 7) is 5.31. The zero-order chi connectivity index (χ0) is 8.04. The van der Waals surface area contributed by atoms with Crippen LogP contribution in [0.1, 0.15) is 26.7 Å². The van der Waals surface area contributed by atoms with E-state index in [4.69, 9.17) is 0 Å². The summed E-state index contributed by atoms with van der Waals surface area (Å²) in [6.07, 6.45) is 4.38. The number of rotatable bonds is 4. The molecule has 2 heteroatoms. The molecule has 0 radical (unpaired) electrons. The van der Waals surface area contributed by atoms with Crippen LogP contribution in [0.15, 0.2) is 5.10 Å². The van der Waals surface area contributed by atoms with Crippen LogP contribution in [-0.2, 0) is 0 Å². The van der Waals surface area contributed by atoms with Crippen LogP contribution >= 0.6 is 0 Å². The van der Waals surface area contributed by atoms with Gasteiger partial charge in [0.15, 0.2) is 0 Å². The van der Waals surface area contributed by atoms with Gasteiger partial charge in [-0.05, 0) is 13.3 Å². The van der Waals surface area contributed by atoms with Crippen molar-refractivity contribution >= 4 is 6.21 Å². The monoisotopic (exact) mass is 143 g/mol. The summed E-state index contributed by atoms with van der Waals surface area (Å²) < 4.78 is 0.768. The van der Waals surface area contributed by atoms with Crippen molar-refractivity contribution in [3.63, 3.8) is 0 Å². The van der Waals surface area contributed by atoms with E-state index in [1.54, 1.807) is 0 Å². The SMILES string of the molecule is C/C=N/[N+](C)(C)CCCC. The third kappa shape index (κ3) is 4.50. The van der Waals surface area contributed by atoms with E-state index in [2.05, 4.69) is 26.1 Å². The molecule has 0 amide bonds. The average Bonchev–Trinajstić information content (AvgIpc) is 1.84. The molecule has 0 aromatic carbocycles. The van der Waals surface area contributed by atoms with Gasteiger partial charge in [-0.1, -0.05) is 18.4 Å². The number of hydrogen-bond acceptors (Lipinski definition) is 1. The molecule has 0 fully saturated rings. The van der Waals surface area contributed by atoms with Gasteiger partial charge in [-0.2, -0.15) is 0 Å². The van der Waals surface area contributed by atoms with Crippen LogP contribution in [0.2, 0.25) is 0 Å². The first-order valence-corrected chi connectivity index (χ1v) is 3.95. The average molecular weight is 143 g/mol. The number of hydrogen-bond donors (Lipinski definition) is 0. The summed E-state index contributed by atoms with van der Waals surface area (Å²) in [5.74, 6) is 0. The van der Waals surface area contributed by atoms with Crippen LogP contribution in [0.4, 0.5) is 0 Å². The smallest absolute Gasteiger partial charge is 0.103 e. The zero-order valence-electron chi connectivity index (χ0n) is 7.59. The van der Waals surface area contributed by atoms with E-state index in [-0.39, 0.29) is 0 Å². The minimum absolute atomic E-state index is 0.768. The van der Waals surface area contributed by atoms with Crippen LogP contribution in [0.5, 0.6) is 0 Å². The molecule has 60 valence electrons. The molecule has 0 aliphatic carbocycles. The quantitative estimate of drug-likeness (QED) is 0.323. The van der Waals surface area contributed by atoms with Crippen molar-refractivity contribution in [3.05, 3.63) is 0 Å². The fourth-order valence-corrected chi connectivity index (χ4v) is 0.915. The number of quaternary nitrogens is 1. The Hall–Kier alpha value is -0.370. The first kappa shape index (κ1) is 9.63. The maximum Gasteiger partial charge on any atom is 0.103 e. The lowest BCUT2D eigenvalue weighted by Gasteiger charge is -2.21. The molecule has 0 N–H and O–H groups in total. The maximum atomic E-state index is 4.31. The highest BCUT2D eigenvalue weighted by atomic mass is 15.6. The Morgan fingerprint density at radius 2 is 2.00 bits per heavy atom.